The van der Waals surface area contributed by atoms with E-state index in [0.717, 1.165) is 10.0 Å². The van der Waals surface area contributed by atoms with E-state index in [1.165, 1.54) is 0 Å². The number of nitrogens with zero attached hydrogens (tertiary/aromatic N) is 2. The second-order valence-electron chi connectivity index (χ2n) is 6.64. The van der Waals surface area contributed by atoms with E-state index in [1.807, 2.05) is 59.2 Å². The van der Waals surface area contributed by atoms with Crippen molar-refractivity contribution in [3.63, 3.8) is 0 Å². The van der Waals surface area contributed by atoms with Crippen molar-refractivity contribution in [3.8, 4) is 5.75 Å². The van der Waals surface area contributed by atoms with Crippen LogP contribution < -0.4 is 15.6 Å². The maximum absolute atomic E-state index is 12.8. The SMILES string of the molecule is COc1ccc(C=NNC(=O)Cn2c3ccccc3c(=O)c3ccccc32)cc1Br. The van der Waals surface area contributed by atoms with Crippen molar-refractivity contribution in [2.45, 2.75) is 6.54 Å². The van der Waals surface area contributed by atoms with E-state index >= 15 is 0 Å². The first-order valence-electron chi connectivity index (χ1n) is 9.24. The van der Waals surface area contributed by atoms with Gasteiger partial charge >= 0.3 is 0 Å². The molecular formula is C23H18BrN3O3. The van der Waals surface area contributed by atoms with Gasteiger partial charge in [0.25, 0.3) is 5.91 Å². The Hall–Kier alpha value is -3.45. The molecule has 0 bridgehead atoms. The number of rotatable bonds is 5. The summed E-state index contributed by atoms with van der Waals surface area (Å²) >= 11 is 3.42. The molecule has 150 valence electrons. The third-order valence-corrected chi connectivity index (χ3v) is 5.38. The van der Waals surface area contributed by atoms with Crippen LogP contribution in [0.15, 0.2) is 81.1 Å². The highest BCUT2D eigenvalue weighted by Gasteiger charge is 2.12. The molecule has 1 aromatic heterocycles. The Morgan fingerprint density at radius 1 is 1.07 bits per heavy atom. The predicted octanol–water partition coefficient (Wildman–Crippen LogP) is 4.08. The van der Waals surface area contributed by atoms with E-state index in [0.29, 0.717) is 27.6 Å². The lowest BCUT2D eigenvalue weighted by Gasteiger charge is -2.14. The van der Waals surface area contributed by atoms with Crippen molar-refractivity contribution < 1.29 is 9.53 Å². The van der Waals surface area contributed by atoms with Crippen LogP contribution in [0.5, 0.6) is 5.75 Å². The van der Waals surface area contributed by atoms with E-state index in [-0.39, 0.29) is 17.9 Å². The Kier molecular flexibility index (Phi) is 5.63. The summed E-state index contributed by atoms with van der Waals surface area (Å²) in [4.78, 5) is 25.4. The minimum atomic E-state index is -0.294. The highest BCUT2D eigenvalue weighted by molar-refractivity contribution is 9.10. The van der Waals surface area contributed by atoms with Crippen molar-refractivity contribution in [1.29, 1.82) is 0 Å². The number of fused-ring (bicyclic) bond motifs is 2. The number of ether oxygens (including phenoxy) is 1. The summed E-state index contributed by atoms with van der Waals surface area (Å²) in [6.45, 7) is 0.0327. The third kappa shape index (κ3) is 3.84. The molecule has 3 aromatic carbocycles. The number of carbonyl (C=O) groups excluding carboxylic acids is 1. The van der Waals surface area contributed by atoms with E-state index in [2.05, 4.69) is 26.5 Å². The van der Waals surface area contributed by atoms with Crippen molar-refractivity contribution in [2.75, 3.05) is 7.11 Å². The van der Waals surface area contributed by atoms with Gasteiger partial charge in [-0.2, -0.15) is 5.10 Å². The topological polar surface area (TPSA) is 72.7 Å². The van der Waals surface area contributed by atoms with Gasteiger partial charge in [-0.3, -0.25) is 9.59 Å². The Morgan fingerprint density at radius 3 is 2.30 bits per heavy atom. The number of halogens is 1. The third-order valence-electron chi connectivity index (χ3n) is 4.76. The van der Waals surface area contributed by atoms with E-state index in [1.54, 1.807) is 25.5 Å². The molecule has 1 heterocycles. The van der Waals surface area contributed by atoms with Gasteiger partial charge in [0.15, 0.2) is 5.43 Å². The average molecular weight is 464 g/mol. The maximum atomic E-state index is 12.8. The van der Waals surface area contributed by atoms with E-state index in [9.17, 15) is 9.59 Å². The van der Waals surface area contributed by atoms with Crippen LogP contribution >= 0.6 is 15.9 Å². The normalized spacial score (nSPS) is 11.3. The van der Waals surface area contributed by atoms with Gasteiger partial charge in [-0.1, -0.05) is 24.3 Å². The number of benzene rings is 3. The van der Waals surface area contributed by atoms with Crippen LogP contribution in [0.1, 0.15) is 5.56 Å². The van der Waals surface area contributed by atoms with Gasteiger partial charge in [0, 0.05) is 10.8 Å². The fraction of sp³-hybridized carbons (Fsp3) is 0.0870. The van der Waals surface area contributed by atoms with Gasteiger partial charge < -0.3 is 9.30 Å². The molecule has 0 fully saturated rings. The van der Waals surface area contributed by atoms with Crippen LogP contribution in [0.2, 0.25) is 0 Å². The van der Waals surface area contributed by atoms with Crippen LogP contribution in [0.3, 0.4) is 0 Å². The summed E-state index contributed by atoms with van der Waals surface area (Å²) in [6, 6.07) is 20.1. The van der Waals surface area contributed by atoms with Crippen LogP contribution in [0.25, 0.3) is 21.8 Å². The first kappa shape index (κ1) is 19.8. The highest BCUT2D eigenvalue weighted by atomic mass is 79.9. The van der Waals surface area contributed by atoms with Crippen LogP contribution in [-0.4, -0.2) is 23.8 Å². The molecule has 0 saturated heterocycles. The van der Waals surface area contributed by atoms with Crippen LogP contribution in [-0.2, 0) is 11.3 Å². The minimum Gasteiger partial charge on any atom is -0.496 e. The predicted molar refractivity (Wildman–Crippen MR) is 122 cm³/mol. The number of amides is 1. The molecule has 4 aromatic rings. The lowest BCUT2D eigenvalue weighted by atomic mass is 10.1. The fourth-order valence-electron chi connectivity index (χ4n) is 3.37. The summed E-state index contributed by atoms with van der Waals surface area (Å²) in [6.07, 6.45) is 1.56. The molecule has 1 N–H and O–H groups in total. The van der Waals surface area contributed by atoms with Crippen LogP contribution in [0.4, 0.5) is 0 Å². The Bertz CT molecular complexity index is 1280. The molecule has 1 amide bonds. The molecule has 4 rings (SSSR count). The Morgan fingerprint density at radius 2 is 1.70 bits per heavy atom. The molecule has 0 spiro atoms. The second-order valence-corrected chi connectivity index (χ2v) is 7.49. The molecule has 0 unspecified atom stereocenters. The summed E-state index contributed by atoms with van der Waals surface area (Å²) in [5, 5.41) is 5.21. The fourth-order valence-corrected chi connectivity index (χ4v) is 3.93. The standard InChI is InChI=1S/C23H18BrN3O3/c1-30-21-11-10-15(12-18(21)24)13-25-26-22(28)14-27-19-8-4-2-6-16(19)23(29)17-7-3-5-9-20(17)27/h2-13H,14H2,1H3,(H,26,28). The van der Waals surface area contributed by atoms with Crippen molar-refractivity contribution >= 4 is 49.9 Å². The average Bonchev–Trinajstić information content (AvgIpc) is 2.77. The summed E-state index contributed by atoms with van der Waals surface area (Å²) in [7, 11) is 1.60. The van der Waals surface area contributed by atoms with E-state index < -0.39 is 0 Å². The second kappa shape index (κ2) is 8.51. The monoisotopic (exact) mass is 463 g/mol. The zero-order chi connectivity index (χ0) is 21.1. The number of nitrogens with one attached hydrogen (secondary N) is 1. The van der Waals surface area contributed by atoms with Gasteiger partial charge in [0.1, 0.15) is 12.3 Å². The largest absolute Gasteiger partial charge is 0.496 e. The number of hydrogen-bond donors (Lipinski definition) is 1. The highest BCUT2D eigenvalue weighted by Crippen LogP contribution is 2.24. The lowest BCUT2D eigenvalue weighted by Crippen LogP contribution is -2.25. The molecule has 0 saturated carbocycles. The maximum Gasteiger partial charge on any atom is 0.260 e. The van der Waals surface area contributed by atoms with E-state index in [4.69, 9.17) is 4.74 Å². The quantitative estimate of drug-likeness (QED) is 0.275. The smallest absolute Gasteiger partial charge is 0.260 e. The van der Waals surface area contributed by atoms with Crippen molar-refractivity contribution in [2.24, 2.45) is 5.10 Å². The summed E-state index contributed by atoms with van der Waals surface area (Å²) < 4.78 is 7.83. The molecule has 6 nitrogen and oxygen atoms in total. The number of aromatic nitrogens is 1. The number of pyridine rings is 1. The number of hydrogen-bond acceptors (Lipinski definition) is 4. The van der Waals surface area contributed by atoms with Gasteiger partial charge in [0.2, 0.25) is 0 Å². The van der Waals surface area contributed by atoms with Gasteiger partial charge in [-0.15, -0.1) is 0 Å². The zero-order valence-electron chi connectivity index (χ0n) is 16.1. The molecule has 0 radical (unpaired) electrons. The summed E-state index contributed by atoms with van der Waals surface area (Å²) in [5.41, 5.74) is 4.74. The molecule has 30 heavy (non-hydrogen) atoms. The number of hydrazone groups is 1. The minimum absolute atomic E-state index is 0.0327. The first-order valence-corrected chi connectivity index (χ1v) is 10.0. The Labute approximate surface area is 180 Å². The summed E-state index contributed by atoms with van der Waals surface area (Å²) in [5.74, 6) is 0.422. The molecule has 0 atom stereocenters. The lowest BCUT2D eigenvalue weighted by molar-refractivity contribution is -0.121. The Balaban J connectivity index is 1.61. The van der Waals surface area contributed by atoms with Gasteiger partial charge in [-0.25, -0.2) is 5.43 Å². The molecule has 7 heteroatoms. The first-order chi connectivity index (χ1) is 14.6. The van der Waals surface area contributed by atoms with Crippen molar-refractivity contribution in [1.82, 2.24) is 9.99 Å². The molecule has 0 aliphatic rings. The molecule has 0 aliphatic carbocycles. The molecular weight excluding hydrogens is 446 g/mol. The van der Waals surface area contributed by atoms with Crippen molar-refractivity contribution in [3.05, 3.63) is 87.0 Å². The number of methoxy groups -OCH3 is 1. The number of carbonyl (C=O) groups is 1. The zero-order valence-corrected chi connectivity index (χ0v) is 17.7. The molecule has 0 aliphatic heterocycles. The van der Waals surface area contributed by atoms with Gasteiger partial charge in [-0.05, 0) is 64.0 Å². The van der Waals surface area contributed by atoms with Crippen LogP contribution in [0, 0.1) is 0 Å². The number of para-hydroxylation sites is 2. The van der Waals surface area contributed by atoms with Gasteiger partial charge in [0.05, 0.1) is 28.8 Å².